The van der Waals surface area contributed by atoms with Gasteiger partial charge in [-0.25, -0.2) is 5.43 Å². The molecule has 1 unspecified atom stereocenters. The molecule has 0 aromatic heterocycles. The summed E-state index contributed by atoms with van der Waals surface area (Å²) in [5, 5.41) is 0.584. The summed E-state index contributed by atoms with van der Waals surface area (Å²) in [6.45, 7) is 0. The van der Waals surface area contributed by atoms with Gasteiger partial charge in [-0.05, 0) is 35.9 Å². The van der Waals surface area contributed by atoms with Crippen LogP contribution in [0.15, 0.2) is 53.0 Å². The zero-order valence-electron chi connectivity index (χ0n) is 10.8. The molecular formula is C14H13BrClN3O2. The van der Waals surface area contributed by atoms with Gasteiger partial charge >= 0.3 is 0 Å². The minimum Gasteiger partial charge on any atom is -0.394 e. The third kappa shape index (κ3) is 4.71. The number of benzene rings is 2. The van der Waals surface area contributed by atoms with Crippen molar-refractivity contribution in [3.63, 3.8) is 0 Å². The molecule has 0 heterocycles. The molecule has 0 aliphatic heterocycles. The van der Waals surface area contributed by atoms with Crippen LogP contribution >= 0.6 is 27.5 Å². The van der Waals surface area contributed by atoms with E-state index >= 15 is 0 Å². The molecule has 110 valence electrons. The van der Waals surface area contributed by atoms with Crippen LogP contribution in [0.5, 0.6) is 5.75 Å². The second kappa shape index (κ2) is 7.42. The minimum absolute atomic E-state index is 0.539. The zero-order chi connectivity index (χ0) is 15.2. The first-order valence-electron chi connectivity index (χ1n) is 6.04. The summed E-state index contributed by atoms with van der Waals surface area (Å²) in [5.74, 6) is 0.0406. The smallest absolute Gasteiger partial charge is 0.240 e. The van der Waals surface area contributed by atoms with Gasteiger partial charge in [0.2, 0.25) is 5.91 Å². The summed E-state index contributed by atoms with van der Waals surface area (Å²) >= 11 is 9.15. The molecule has 0 aliphatic rings. The average Bonchev–Trinajstić information content (AvgIpc) is 2.45. The molecule has 0 fully saturated rings. The SMILES string of the molecule is NC(=O)C(NNOc1cccc(Br)c1)c1ccc(Cl)cc1. The fourth-order valence-corrected chi connectivity index (χ4v) is 2.16. The monoisotopic (exact) mass is 369 g/mol. The van der Waals surface area contributed by atoms with Gasteiger partial charge in [-0.1, -0.05) is 51.3 Å². The van der Waals surface area contributed by atoms with Gasteiger partial charge in [-0.15, -0.1) is 0 Å². The van der Waals surface area contributed by atoms with E-state index in [9.17, 15) is 4.79 Å². The van der Waals surface area contributed by atoms with E-state index in [1.165, 1.54) is 0 Å². The molecule has 5 nitrogen and oxygen atoms in total. The van der Waals surface area contributed by atoms with Crippen LogP contribution < -0.4 is 21.6 Å². The van der Waals surface area contributed by atoms with Crippen molar-refractivity contribution in [2.24, 2.45) is 5.73 Å². The van der Waals surface area contributed by atoms with E-state index in [0.29, 0.717) is 16.3 Å². The second-order valence-corrected chi connectivity index (χ2v) is 5.54. The van der Waals surface area contributed by atoms with Gasteiger partial charge in [-0.2, -0.15) is 0 Å². The van der Waals surface area contributed by atoms with Crippen LogP contribution in [0.2, 0.25) is 5.02 Å². The molecule has 2 rings (SSSR count). The molecule has 0 saturated carbocycles. The largest absolute Gasteiger partial charge is 0.394 e. The molecule has 21 heavy (non-hydrogen) atoms. The van der Waals surface area contributed by atoms with E-state index in [0.717, 1.165) is 4.47 Å². The first kappa shape index (κ1) is 15.8. The Morgan fingerprint density at radius 1 is 1.24 bits per heavy atom. The van der Waals surface area contributed by atoms with Gasteiger partial charge in [0.15, 0.2) is 0 Å². The number of rotatable bonds is 6. The number of nitrogens with one attached hydrogen (secondary N) is 2. The maximum absolute atomic E-state index is 11.5. The van der Waals surface area contributed by atoms with Crippen LogP contribution in [-0.4, -0.2) is 5.91 Å². The molecule has 0 radical (unpaired) electrons. The highest BCUT2D eigenvalue weighted by Gasteiger charge is 2.17. The summed E-state index contributed by atoms with van der Waals surface area (Å²) in [6.07, 6.45) is 0. The van der Waals surface area contributed by atoms with Crippen LogP contribution in [0.4, 0.5) is 0 Å². The molecular weight excluding hydrogens is 358 g/mol. The summed E-state index contributed by atoms with van der Waals surface area (Å²) in [7, 11) is 0. The Morgan fingerprint density at radius 3 is 2.57 bits per heavy atom. The number of amides is 1. The summed E-state index contributed by atoms with van der Waals surface area (Å²) in [4.78, 5) is 16.8. The van der Waals surface area contributed by atoms with Crippen LogP contribution in [0.1, 0.15) is 11.6 Å². The lowest BCUT2D eigenvalue weighted by atomic mass is 10.1. The van der Waals surface area contributed by atoms with Crippen LogP contribution in [0.25, 0.3) is 0 Å². The molecule has 0 bridgehead atoms. The fourth-order valence-electron chi connectivity index (χ4n) is 1.65. The highest BCUT2D eigenvalue weighted by Crippen LogP contribution is 2.18. The predicted octanol–water partition coefficient (Wildman–Crippen LogP) is 2.72. The number of primary amides is 1. The van der Waals surface area contributed by atoms with E-state index in [1.807, 2.05) is 12.1 Å². The average molecular weight is 371 g/mol. The third-order valence-corrected chi connectivity index (χ3v) is 3.40. The minimum atomic E-state index is -0.741. The van der Waals surface area contributed by atoms with Gasteiger partial charge in [0.1, 0.15) is 11.8 Å². The fraction of sp³-hybridized carbons (Fsp3) is 0.0714. The highest BCUT2D eigenvalue weighted by atomic mass is 79.9. The van der Waals surface area contributed by atoms with Crippen LogP contribution in [0.3, 0.4) is 0 Å². The van der Waals surface area contributed by atoms with Crippen molar-refractivity contribution >= 4 is 33.4 Å². The molecule has 0 saturated heterocycles. The molecule has 2 aromatic rings. The number of nitrogens with two attached hydrogens (primary N) is 1. The van der Waals surface area contributed by atoms with Crippen molar-refractivity contribution in [2.75, 3.05) is 0 Å². The van der Waals surface area contributed by atoms with Crippen LogP contribution in [0, 0.1) is 0 Å². The Bertz CT molecular complexity index is 622. The quantitative estimate of drug-likeness (QED) is 0.683. The van der Waals surface area contributed by atoms with Gasteiger partial charge < -0.3 is 10.6 Å². The zero-order valence-corrected chi connectivity index (χ0v) is 13.2. The standard InChI is InChI=1S/C14H13BrClN3O2/c15-10-2-1-3-12(8-10)21-19-18-13(14(17)20)9-4-6-11(16)7-5-9/h1-8,13,18-19H,(H2,17,20). The second-order valence-electron chi connectivity index (χ2n) is 4.19. The Labute approximate surface area is 135 Å². The molecule has 4 N–H and O–H groups in total. The van der Waals surface area contributed by atoms with Crippen molar-refractivity contribution in [3.05, 3.63) is 63.6 Å². The summed E-state index contributed by atoms with van der Waals surface area (Å²) in [6, 6.07) is 13.3. The number of carbonyl (C=O) groups is 1. The first-order valence-corrected chi connectivity index (χ1v) is 7.21. The van der Waals surface area contributed by atoms with E-state index in [2.05, 4.69) is 26.9 Å². The van der Waals surface area contributed by atoms with E-state index in [-0.39, 0.29) is 0 Å². The molecule has 2 aromatic carbocycles. The summed E-state index contributed by atoms with van der Waals surface area (Å²) in [5.41, 5.74) is 11.3. The number of hydrogen-bond acceptors (Lipinski definition) is 4. The number of carbonyl (C=O) groups excluding carboxylic acids is 1. The highest BCUT2D eigenvalue weighted by molar-refractivity contribution is 9.10. The Kier molecular flexibility index (Phi) is 5.58. The lowest BCUT2D eigenvalue weighted by molar-refractivity contribution is -0.121. The lowest BCUT2D eigenvalue weighted by Gasteiger charge is -2.16. The van der Waals surface area contributed by atoms with Crippen LogP contribution in [-0.2, 0) is 4.79 Å². The lowest BCUT2D eigenvalue weighted by Crippen LogP contribution is -2.43. The van der Waals surface area contributed by atoms with E-state index in [1.54, 1.807) is 36.4 Å². The first-order chi connectivity index (χ1) is 10.1. The molecule has 1 amide bonds. The Hall–Kier alpha value is -1.60. The number of hydrazine groups is 1. The van der Waals surface area contributed by atoms with E-state index < -0.39 is 11.9 Å². The van der Waals surface area contributed by atoms with Crippen molar-refractivity contribution in [1.29, 1.82) is 0 Å². The maximum Gasteiger partial charge on any atom is 0.240 e. The van der Waals surface area contributed by atoms with Gasteiger partial charge in [0.25, 0.3) is 0 Å². The normalized spacial score (nSPS) is 11.9. The van der Waals surface area contributed by atoms with E-state index in [4.69, 9.17) is 22.2 Å². The molecule has 0 spiro atoms. The third-order valence-electron chi connectivity index (χ3n) is 2.66. The van der Waals surface area contributed by atoms with Crippen molar-refractivity contribution in [1.82, 2.24) is 11.0 Å². The van der Waals surface area contributed by atoms with Gasteiger partial charge in [-0.3, -0.25) is 4.79 Å². The number of halogens is 2. The maximum atomic E-state index is 11.5. The van der Waals surface area contributed by atoms with Crippen molar-refractivity contribution in [3.8, 4) is 5.75 Å². The molecule has 1 atom stereocenters. The molecule has 7 heteroatoms. The Morgan fingerprint density at radius 2 is 1.95 bits per heavy atom. The topological polar surface area (TPSA) is 76.4 Å². The number of hydrogen-bond donors (Lipinski definition) is 3. The molecule has 0 aliphatic carbocycles. The van der Waals surface area contributed by atoms with Gasteiger partial charge in [0, 0.05) is 9.50 Å². The Balaban J connectivity index is 1.98. The van der Waals surface area contributed by atoms with Crippen molar-refractivity contribution < 1.29 is 9.63 Å². The predicted molar refractivity (Wildman–Crippen MR) is 84.4 cm³/mol. The van der Waals surface area contributed by atoms with Gasteiger partial charge in [0.05, 0.1) is 0 Å². The van der Waals surface area contributed by atoms with Crippen molar-refractivity contribution in [2.45, 2.75) is 6.04 Å². The summed E-state index contributed by atoms with van der Waals surface area (Å²) < 4.78 is 0.881.